The van der Waals surface area contributed by atoms with E-state index in [9.17, 15) is 13.2 Å². The Morgan fingerprint density at radius 1 is 1.25 bits per heavy atom. The van der Waals surface area contributed by atoms with Crippen LogP contribution in [0, 0.1) is 0 Å². The molecule has 110 valence electrons. The fraction of sp³-hybridized carbons (Fsp3) is 0.417. The number of amides is 1. The average Bonchev–Trinajstić information content (AvgIpc) is 2.48. The molecule has 1 aromatic rings. The molecule has 0 aliphatic carbocycles. The summed E-state index contributed by atoms with van der Waals surface area (Å²) >= 11 is 0. The molecule has 1 aliphatic rings. The zero-order valence-electron chi connectivity index (χ0n) is 11.0. The van der Waals surface area contributed by atoms with Crippen molar-refractivity contribution in [2.75, 3.05) is 33.4 Å². The van der Waals surface area contributed by atoms with Crippen LogP contribution < -0.4 is 5.48 Å². The predicted molar refractivity (Wildman–Crippen MR) is 70.5 cm³/mol. The Kier molecular flexibility index (Phi) is 4.71. The van der Waals surface area contributed by atoms with Crippen LogP contribution in [0.2, 0.25) is 0 Å². The summed E-state index contributed by atoms with van der Waals surface area (Å²) in [5, 5.41) is 0. The van der Waals surface area contributed by atoms with Gasteiger partial charge in [-0.15, -0.1) is 0 Å². The van der Waals surface area contributed by atoms with Crippen LogP contribution in [0.1, 0.15) is 10.4 Å². The van der Waals surface area contributed by atoms with Crippen molar-refractivity contribution in [3.8, 4) is 0 Å². The highest BCUT2D eigenvalue weighted by Gasteiger charge is 2.26. The van der Waals surface area contributed by atoms with Gasteiger partial charge >= 0.3 is 0 Å². The van der Waals surface area contributed by atoms with Crippen molar-refractivity contribution in [3.63, 3.8) is 0 Å². The van der Waals surface area contributed by atoms with E-state index in [1.165, 1.54) is 35.7 Å². The van der Waals surface area contributed by atoms with E-state index in [1.54, 1.807) is 0 Å². The Balaban J connectivity index is 2.18. The molecule has 20 heavy (non-hydrogen) atoms. The summed E-state index contributed by atoms with van der Waals surface area (Å²) in [5.74, 6) is -0.428. The lowest BCUT2D eigenvalue weighted by atomic mass is 10.2. The van der Waals surface area contributed by atoms with E-state index in [0.29, 0.717) is 31.9 Å². The number of sulfonamides is 1. The van der Waals surface area contributed by atoms with Crippen molar-refractivity contribution in [1.82, 2.24) is 9.79 Å². The SMILES string of the molecule is CONC(=O)c1ccc(S(=O)(=O)N2CCOCC2)cc1. The van der Waals surface area contributed by atoms with Crippen LogP contribution in [0.4, 0.5) is 0 Å². The molecule has 0 spiro atoms. The standard InChI is InChI=1S/C12H16N2O5S/c1-18-13-12(15)10-2-4-11(5-3-10)20(16,17)14-6-8-19-9-7-14/h2-5H,6-9H2,1H3,(H,13,15). The smallest absolute Gasteiger partial charge is 0.274 e. The van der Waals surface area contributed by atoms with Crippen LogP contribution in [0.5, 0.6) is 0 Å². The molecular weight excluding hydrogens is 284 g/mol. The molecule has 7 nitrogen and oxygen atoms in total. The van der Waals surface area contributed by atoms with Crippen LogP contribution in [-0.2, 0) is 19.6 Å². The van der Waals surface area contributed by atoms with Gasteiger partial charge in [-0.25, -0.2) is 13.9 Å². The summed E-state index contributed by atoms with van der Waals surface area (Å²) in [7, 11) is -2.20. The fourth-order valence-corrected chi connectivity index (χ4v) is 3.27. The summed E-state index contributed by atoms with van der Waals surface area (Å²) in [6, 6.07) is 5.72. The second-order valence-corrected chi connectivity index (χ2v) is 6.11. The Bertz CT molecular complexity index is 564. The van der Waals surface area contributed by atoms with Crippen LogP contribution >= 0.6 is 0 Å². The van der Waals surface area contributed by atoms with Gasteiger partial charge in [0.25, 0.3) is 5.91 Å². The van der Waals surface area contributed by atoms with Crippen molar-refractivity contribution >= 4 is 15.9 Å². The number of nitrogens with zero attached hydrogens (tertiary/aromatic N) is 1. The summed E-state index contributed by atoms with van der Waals surface area (Å²) in [4.78, 5) is 16.2. The zero-order valence-corrected chi connectivity index (χ0v) is 11.9. The number of ether oxygens (including phenoxy) is 1. The Morgan fingerprint density at radius 3 is 2.40 bits per heavy atom. The molecule has 0 bridgehead atoms. The second kappa shape index (κ2) is 6.31. The minimum Gasteiger partial charge on any atom is -0.379 e. The lowest BCUT2D eigenvalue weighted by Gasteiger charge is -2.26. The maximum Gasteiger partial charge on any atom is 0.274 e. The van der Waals surface area contributed by atoms with Crippen molar-refractivity contribution in [2.24, 2.45) is 0 Å². The van der Waals surface area contributed by atoms with Crippen molar-refractivity contribution in [1.29, 1.82) is 0 Å². The monoisotopic (exact) mass is 300 g/mol. The molecule has 2 rings (SSSR count). The predicted octanol–water partition coefficient (Wildman–Crippen LogP) is -0.00130. The minimum absolute atomic E-state index is 0.161. The number of nitrogens with one attached hydrogen (secondary N) is 1. The van der Waals surface area contributed by atoms with Crippen LogP contribution in [-0.4, -0.2) is 52.0 Å². The zero-order chi connectivity index (χ0) is 14.6. The Morgan fingerprint density at radius 2 is 1.85 bits per heavy atom. The van der Waals surface area contributed by atoms with E-state index in [0.717, 1.165) is 0 Å². The van der Waals surface area contributed by atoms with Gasteiger partial charge in [-0.2, -0.15) is 4.31 Å². The maximum absolute atomic E-state index is 12.3. The summed E-state index contributed by atoms with van der Waals surface area (Å²) in [5.41, 5.74) is 2.49. The van der Waals surface area contributed by atoms with Gasteiger partial charge < -0.3 is 4.74 Å². The topological polar surface area (TPSA) is 84.9 Å². The van der Waals surface area contributed by atoms with E-state index >= 15 is 0 Å². The molecule has 1 heterocycles. The second-order valence-electron chi connectivity index (χ2n) is 4.18. The molecule has 1 N–H and O–H groups in total. The number of benzene rings is 1. The first-order valence-electron chi connectivity index (χ1n) is 6.07. The number of rotatable bonds is 4. The third-order valence-electron chi connectivity index (χ3n) is 2.92. The lowest BCUT2D eigenvalue weighted by molar-refractivity contribution is 0.0537. The molecule has 1 amide bonds. The number of carbonyl (C=O) groups is 1. The van der Waals surface area contributed by atoms with Gasteiger partial charge in [0.05, 0.1) is 25.2 Å². The molecule has 1 saturated heterocycles. The first-order chi connectivity index (χ1) is 9.55. The van der Waals surface area contributed by atoms with Crippen LogP contribution in [0.3, 0.4) is 0 Å². The highest BCUT2D eigenvalue weighted by Crippen LogP contribution is 2.17. The summed E-state index contributed by atoms with van der Waals surface area (Å²) < 4.78 is 31.2. The van der Waals surface area contributed by atoms with E-state index in [-0.39, 0.29) is 4.90 Å². The molecule has 1 aromatic carbocycles. The molecule has 8 heteroatoms. The molecule has 0 atom stereocenters. The largest absolute Gasteiger partial charge is 0.379 e. The molecule has 1 fully saturated rings. The third kappa shape index (κ3) is 3.15. The van der Waals surface area contributed by atoms with E-state index in [1.807, 2.05) is 0 Å². The molecule has 0 aromatic heterocycles. The minimum atomic E-state index is -3.53. The van der Waals surface area contributed by atoms with Gasteiger partial charge in [-0.3, -0.25) is 9.63 Å². The molecule has 0 radical (unpaired) electrons. The van der Waals surface area contributed by atoms with Gasteiger partial charge in [-0.1, -0.05) is 0 Å². The third-order valence-corrected chi connectivity index (χ3v) is 4.83. The average molecular weight is 300 g/mol. The van der Waals surface area contributed by atoms with E-state index < -0.39 is 15.9 Å². The van der Waals surface area contributed by atoms with Crippen molar-refractivity contribution < 1.29 is 22.8 Å². The quantitative estimate of drug-likeness (QED) is 0.791. The van der Waals surface area contributed by atoms with Gasteiger partial charge in [-0.05, 0) is 24.3 Å². The number of hydroxylamine groups is 1. The van der Waals surface area contributed by atoms with Crippen molar-refractivity contribution in [2.45, 2.75) is 4.90 Å². The van der Waals surface area contributed by atoms with Gasteiger partial charge in [0, 0.05) is 18.7 Å². The van der Waals surface area contributed by atoms with Crippen LogP contribution in [0.25, 0.3) is 0 Å². The van der Waals surface area contributed by atoms with E-state index in [4.69, 9.17) is 4.74 Å². The first-order valence-corrected chi connectivity index (χ1v) is 7.51. The molecule has 0 unspecified atom stereocenters. The molecule has 0 saturated carbocycles. The number of morpholine rings is 1. The number of carbonyl (C=O) groups excluding carboxylic acids is 1. The number of hydrogen-bond acceptors (Lipinski definition) is 5. The first kappa shape index (κ1) is 14.9. The highest BCUT2D eigenvalue weighted by atomic mass is 32.2. The normalized spacial score (nSPS) is 16.9. The summed E-state index contributed by atoms with van der Waals surface area (Å²) in [6.45, 7) is 1.48. The molecular formula is C12H16N2O5S. The van der Waals surface area contributed by atoms with Crippen LogP contribution in [0.15, 0.2) is 29.2 Å². The van der Waals surface area contributed by atoms with Crippen molar-refractivity contribution in [3.05, 3.63) is 29.8 Å². The fourth-order valence-electron chi connectivity index (χ4n) is 1.87. The maximum atomic E-state index is 12.3. The highest BCUT2D eigenvalue weighted by molar-refractivity contribution is 7.89. The van der Waals surface area contributed by atoms with Gasteiger partial charge in [0.2, 0.25) is 10.0 Å². The van der Waals surface area contributed by atoms with Gasteiger partial charge in [0.1, 0.15) is 0 Å². The Hall–Kier alpha value is -1.48. The Labute approximate surface area is 117 Å². The lowest BCUT2D eigenvalue weighted by Crippen LogP contribution is -2.40. The summed E-state index contributed by atoms with van der Waals surface area (Å²) in [6.07, 6.45) is 0. The van der Waals surface area contributed by atoms with E-state index in [2.05, 4.69) is 10.3 Å². The molecule has 1 aliphatic heterocycles. The van der Waals surface area contributed by atoms with Gasteiger partial charge in [0.15, 0.2) is 0 Å². The number of hydrogen-bond donors (Lipinski definition) is 1.